The summed E-state index contributed by atoms with van der Waals surface area (Å²) in [5.41, 5.74) is 1.82. The second-order valence-electron chi connectivity index (χ2n) is 2.71. The molecule has 0 saturated carbocycles. The molecule has 0 fully saturated rings. The van der Waals surface area contributed by atoms with E-state index in [1.54, 1.807) is 14.2 Å². The predicted octanol–water partition coefficient (Wildman–Crippen LogP) is 0.199. The van der Waals surface area contributed by atoms with Crippen LogP contribution in [0.5, 0.6) is 0 Å². The maximum absolute atomic E-state index is 11.0. The Morgan fingerprint density at radius 3 is 2.57 bits per heavy atom. The molecule has 0 aromatic heterocycles. The van der Waals surface area contributed by atoms with Crippen LogP contribution in [0, 0.1) is 0 Å². The molecule has 0 aromatic rings. The van der Waals surface area contributed by atoms with E-state index in [0.717, 1.165) is 6.42 Å². The highest BCUT2D eigenvalue weighted by Gasteiger charge is 2.02. The fourth-order valence-electron chi connectivity index (χ4n) is 0.815. The summed E-state index contributed by atoms with van der Waals surface area (Å²) in [6.07, 6.45) is 2.29. The minimum absolute atomic E-state index is 0.162. The molecule has 0 heterocycles. The Kier molecular flexibility index (Phi) is 8.51. The number of rotatable bonds is 7. The van der Waals surface area contributed by atoms with Gasteiger partial charge in [0.2, 0.25) is 0 Å². The maximum Gasteiger partial charge on any atom is 0.330 e. The lowest BCUT2D eigenvalue weighted by molar-refractivity contribution is -0.137. The molecule has 4 nitrogen and oxygen atoms in total. The van der Waals surface area contributed by atoms with Crippen molar-refractivity contribution in [2.75, 3.05) is 20.8 Å². The van der Waals surface area contributed by atoms with E-state index in [4.69, 9.17) is 14.2 Å². The van der Waals surface area contributed by atoms with Gasteiger partial charge < -0.3 is 14.2 Å². The summed E-state index contributed by atoms with van der Waals surface area (Å²) >= 11 is 0. The van der Waals surface area contributed by atoms with Gasteiger partial charge in [0, 0.05) is 20.3 Å². The van der Waals surface area contributed by atoms with E-state index in [-0.39, 0.29) is 11.9 Å². The van der Waals surface area contributed by atoms with Gasteiger partial charge in [0.25, 0.3) is 0 Å². The van der Waals surface area contributed by atoms with Crippen LogP contribution in [0.15, 0.2) is 11.8 Å². The minimum Gasteiger partial charge on any atom is -0.463 e. The Morgan fingerprint density at radius 1 is 1.43 bits per heavy atom. The number of methoxy groups -OCH3 is 2. The van der Waals surface area contributed by atoms with Crippen molar-refractivity contribution in [3.63, 3.8) is 0 Å². The molecule has 0 saturated heterocycles. The van der Waals surface area contributed by atoms with Crippen LogP contribution >= 0.6 is 0 Å². The first-order valence-corrected chi connectivity index (χ1v) is 6.26. The highest BCUT2D eigenvalue weighted by molar-refractivity contribution is 6.43. The number of esters is 1. The monoisotopic (exact) mass is 218 g/mol. The second-order valence-corrected chi connectivity index (χ2v) is 4.32. The van der Waals surface area contributed by atoms with Gasteiger partial charge in [-0.15, -0.1) is 0 Å². The zero-order valence-corrected chi connectivity index (χ0v) is 10.4. The first kappa shape index (κ1) is 13.3. The van der Waals surface area contributed by atoms with E-state index in [2.05, 4.69) is 0 Å². The highest BCUT2D eigenvalue weighted by Crippen LogP contribution is 1.90. The van der Waals surface area contributed by atoms with E-state index in [9.17, 15) is 4.79 Å². The minimum atomic E-state index is -0.667. The number of hydrogen-bond acceptors (Lipinski definition) is 4. The van der Waals surface area contributed by atoms with Gasteiger partial charge >= 0.3 is 5.97 Å². The Balaban J connectivity index is 3.64. The summed E-state index contributed by atoms with van der Waals surface area (Å²) in [6.45, 7) is 2.43. The van der Waals surface area contributed by atoms with Crippen molar-refractivity contribution in [2.24, 2.45) is 0 Å². The smallest absolute Gasteiger partial charge is 0.330 e. The predicted molar refractivity (Wildman–Crippen MR) is 56.7 cm³/mol. The maximum atomic E-state index is 11.0. The van der Waals surface area contributed by atoms with Crippen LogP contribution in [0.25, 0.3) is 0 Å². The summed E-state index contributed by atoms with van der Waals surface area (Å²) in [5.74, 6) is -0.449. The molecule has 0 bridgehead atoms. The van der Waals surface area contributed by atoms with Gasteiger partial charge in [0.15, 0.2) is 0 Å². The average molecular weight is 218 g/mol. The summed E-state index contributed by atoms with van der Waals surface area (Å²) in [7, 11) is 2.51. The van der Waals surface area contributed by atoms with Crippen LogP contribution in [-0.4, -0.2) is 42.2 Å². The number of ether oxygens (including phenoxy) is 3. The molecule has 0 N–H and O–H groups in total. The lowest BCUT2D eigenvalue weighted by Gasteiger charge is -2.09. The molecule has 0 aromatic carbocycles. The van der Waals surface area contributed by atoms with E-state index in [0.29, 0.717) is 6.61 Å². The van der Waals surface area contributed by atoms with Crippen molar-refractivity contribution in [3.05, 3.63) is 11.8 Å². The molecular weight excluding hydrogens is 200 g/mol. The van der Waals surface area contributed by atoms with Gasteiger partial charge in [-0.2, -0.15) is 0 Å². The van der Waals surface area contributed by atoms with Crippen molar-refractivity contribution in [3.8, 4) is 0 Å². The molecule has 5 heteroatoms. The normalized spacial score (nSPS) is 12.0. The van der Waals surface area contributed by atoms with Gasteiger partial charge in [0.05, 0.1) is 6.61 Å². The molecule has 0 amide bonds. The molecule has 0 atom stereocenters. The zero-order valence-electron chi connectivity index (χ0n) is 8.99. The summed E-state index contributed by atoms with van der Waals surface area (Å²) < 4.78 is 14.9. The van der Waals surface area contributed by atoms with Crippen molar-refractivity contribution in [1.29, 1.82) is 0 Å². The van der Waals surface area contributed by atoms with Gasteiger partial charge in [-0.1, -0.05) is 12.6 Å². The topological polar surface area (TPSA) is 44.8 Å². The van der Waals surface area contributed by atoms with Crippen LogP contribution in [-0.2, 0) is 19.0 Å². The summed E-state index contributed by atoms with van der Waals surface area (Å²) in [6, 6.07) is 0. The third kappa shape index (κ3) is 6.82. The SMILES string of the molecule is CCCOC(=O)C=C[SiH2]C(OC)OC. The van der Waals surface area contributed by atoms with Crippen LogP contribution < -0.4 is 0 Å². The van der Waals surface area contributed by atoms with E-state index >= 15 is 0 Å². The van der Waals surface area contributed by atoms with Gasteiger partial charge in [0.1, 0.15) is 15.4 Å². The van der Waals surface area contributed by atoms with Crippen molar-refractivity contribution in [1.82, 2.24) is 0 Å². The molecule has 0 unspecified atom stereocenters. The van der Waals surface area contributed by atoms with E-state index in [1.807, 2.05) is 12.6 Å². The first-order chi connectivity index (χ1) is 6.74. The van der Waals surface area contributed by atoms with Gasteiger partial charge in [-0.05, 0) is 6.42 Å². The van der Waals surface area contributed by atoms with Crippen LogP contribution in [0.2, 0.25) is 0 Å². The third-order valence-electron chi connectivity index (χ3n) is 1.56. The van der Waals surface area contributed by atoms with E-state index < -0.39 is 9.52 Å². The zero-order chi connectivity index (χ0) is 10.8. The highest BCUT2D eigenvalue weighted by atomic mass is 28.2. The lowest BCUT2D eigenvalue weighted by atomic mass is 10.5. The largest absolute Gasteiger partial charge is 0.463 e. The standard InChI is InChI=1S/C9H18O4Si/c1-4-6-13-8(10)5-7-14-9(11-2)12-3/h5,7,9H,4,6,14H2,1-3H3. The first-order valence-electron chi connectivity index (χ1n) is 4.63. The van der Waals surface area contributed by atoms with E-state index in [1.165, 1.54) is 6.08 Å². The molecule has 14 heavy (non-hydrogen) atoms. The Bertz CT molecular complexity index is 178. The molecule has 0 aliphatic rings. The molecule has 0 rings (SSSR count). The molecule has 0 spiro atoms. The Labute approximate surface area is 87.0 Å². The molecule has 0 radical (unpaired) electrons. The summed E-state index contributed by atoms with van der Waals surface area (Å²) in [4.78, 5) is 11.0. The van der Waals surface area contributed by atoms with Gasteiger partial charge in [-0.3, -0.25) is 0 Å². The quantitative estimate of drug-likeness (QED) is 0.265. The molecule has 0 aliphatic carbocycles. The van der Waals surface area contributed by atoms with Crippen molar-refractivity contribution in [2.45, 2.75) is 19.3 Å². The fourth-order valence-corrected chi connectivity index (χ4v) is 1.75. The number of carbonyl (C=O) groups is 1. The number of carbonyl (C=O) groups excluding carboxylic acids is 1. The second kappa shape index (κ2) is 8.92. The lowest BCUT2D eigenvalue weighted by Crippen LogP contribution is -2.20. The molecule has 0 aliphatic heterocycles. The molecule has 82 valence electrons. The average Bonchev–Trinajstić information content (AvgIpc) is 2.21. The Morgan fingerprint density at radius 2 is 2.07 bits per heavy atom. The van der Waals surface area contributed by atoms with Gasteiger partial charge in [-0.25, -0.2) is 4.79 Å². The van der Waals surface area contributed by atoms with Crippen LogP contribution in [0.4, 0.5) is 0 Å². The summed E-state index contributed by atoms with van der Waals surface area (Å²) in [5, 5.41) is 0. The molecular formula is C9H18O4Si. The van der Waals surface area contributed by atoms with Crippen LogP contribution in [0.1, 0.15) is 13.3 Å². The van der Waals surface area contributed by atoms with Crippen molar-refractivity contribution >= 4 is 15.5 Å². The fraction of sp³-hybridized carbons (Fsp3) is 0.667. The van der Waals surface area contributed by atoms with Crippen molar-refractivity contribution < 1.29 is 19.0 Å². The third-order valence-corrected chi connectivity index (χ3v) is 3.12. The Hall–Kier alpha value is -0.653. The van der Waals surface area contributed by atoms with Crippen LogP contribution in [0.3, 0.4) is 0 Å². The number of hydrogen-bond donors (Lipinski definition) is 0.